The van der Waals surface area contributed by atoms with Crippen molar-refractivity contribution in [1.29, 1.82) is 0 Å². The van der Waals surface area contributed by atoms with Crippen LogP contribution in [0.15, 0.2) is 12.3 Å². The Kier molecular flexibility index (Phi) is 2.94. The van der Waals surface area contributed by atoms with Gasteiger partial charge in [-0.2, -0.15) is 0 Å². The van der Waals surface area contributed by atoms with Crippen LogP contribution in [0.5, 0.6) is 0 Å². The maximum absolute atomic E-state index is 10.6. The van der Waals surface area contributed by atoms with Gasteiger partial charge in [0.1, 0.15) is 6.29 Å². The number of hydrogen-bond acceptors (Lipinski definition) is 4. The van der Waals surface area contributed by atoms with E-state index in [4.69, 9.17) is 0 Å². The van der Waals surface area contributed by atoms with Gasteiger partial charge < -0.3 is 9.69 Å². The zero-order valence-corrected chi connectivity index (χ0v) is 8.89. The van der Waals surface area contributed by atoms with Crippen molar-refractivity contribution in [2.45, 2.75) is 19.8 Å². The van der Waals surface area contributed by atoms with Gasteiger partial charge in [-0.3, -0.25) is 0 Å². The molecular formula is C11H15N3O. The predicted octanol–water partition coefficient (Wildman–Crippen LogP) is 1.20. The normalized spacial score (nSPS) is 17.8. The summed E-state index contributed by atoms with van der Waals surface area (Å²) in [6, 6.07) is 1.89. The van der Waals surface area contributed by atoms with Crippen LogP contribution in [0.25, 0.3) is 0 Å². The standard InChI is InChI=1S/C11H15N3O/c1-9-2-5-12-11(13-9)14-6-3-10(8-15)4-7-14/h2,5,8,10H,3-4,6-7H2,1H3. The summed E-state index contributed by atoms with van der Waals surface area (Å²) in [6.45, 7) is 3.73. The second-order valence-electron chi connectivity index (χ2n) is 3.96. The van der Waals surface area contributed by atoms with E-state index < -0.39 is 0 Å². The van der Waals surface area contributed by atoms with E-state index in [1.807, 2.05) is 13.0 Å². The van der Waals surface area contributed by atoms with E-state index in [0.717, 1.165) is 43.9 Å². The highest BCUT2D eigenvalue weighted by Crippen LogP contribution is 2.18. The first-order valence-electron chi connectivity index (χ1n) is 5.29. The van der Waals surface area contributed by atoms with Crippen LogP contribution < -0.4 is 4.90 Å². The molecule has 0 saturated carbocycles. The third kappa shape index (κ3) is 2.32. The first-order valence-corrected chi connectivity index (χ1v) is 5.29. The van der Waals surface area contributed by atoms with E-state index in [9.17, 15) is 4.79 Å². The Balaban J connectivity index is 2.04. The minimum Gasteiger partial charge on any atom is -0.341 e. The number of carbonyl (C=O) groups excluding carboxylic acids is 1. The Labute approximate surface area is 89.3 Å². The fourth-order valence-electron chi connectivity index (χ4n) is 1.82. The summed E-state index contributed by atoms with van der Waals surface area (Å²) in [5.41, 5.74) is 0.984. The van der Waals surface area contributed by atoms with Crippen LogP contribution >= 0.6 is 0 Å². The number of nitrogens with zero attached hydrogens (tertiary/aromatic N) is 3. The minimum absolute atomic E-state index is 0.228. The average Bonchev–Trinajstić information content (AvgIpc) is 2.29. The predicted molar refractivity (Wildman–Crippen MR) is 57.8 cm³/mol. The van der Waals surface area contributed by atoms with Crippen LogP contribution in [0.3, 0.4) is 0 Å². The van der Waals surface area contributed by atoms with E-state index in [-0.39, 0.29) is 5.92 Å². The highest BCUT2D eigenvalue weighted by atomic mass is 16.1. The summed E-state index contributed by atoms with van der Waals surface area (Å²) >= 11 is 0. The van der Waals surface area contributed by atoms with Crippen molar-refractivity contribution in [3.05, 3.63) is 18.0 Å². The lowest BCUT2D eigenvalue weighted by atomic mass is 9.99. The van der Waals surface area contributed by atoms with E-state index in [1.54, 1.807) is 6.20 Å². The van der Waals surface area contributed by atoms with Gasteiger partial charge in [-0.15, -0.1) is 0 Å². The summed E-state index contributed by atoms with van der Waals surface area (Å²) in [5, 5.41) is 0. The molecule has 0 radical (unpaired) electrons. The Bertz CT molecular complexity index is 345. The molecule has 1 aliphatic heterocycles. The molecule has 80 valence electrons. The lowest BCUT2D eigenvalue weighted by molar-refractivity contribution is -0.111. The summed E-state index contributed by atoms with van der Waals surface area (Å²) in [4.78, 5) is 21.4. The summed E-state index contributed by atoms with van der Waals surface area (Å²) in [7, 11) is 0. The largest absolute Gasteiger partial charge is 0.341 e. The SMILES string of the molecule is Cc1ccnc(N2CCC(C=O)CC2)n1. The second kappa shape index (κ2) is 4.38. The number of rotatable bonds is 2. The first kappa shape index (κ1) is 10.1. The van der Waals surface area contributed by atoms with Crippen LogP contribution in [0.2, 0.25) is 0 Å². The number of anilines is 1. The van der Waals surface area contributed by atoms with E-state index in [0.29, 0.717) is 0 Å². The second-order valence-corrected chi connectivity index (χ2v) is 3.96. The number of piperidine rings is 1. The highest BCUT2D eigenvalue weighted by molar-refractivity contribution is 5.54. The van der Waals surface area contributed by atoms with Gasteiger partial charge in [-0.05, 0) is 25.8 Å². The van der Waals surface area contributed by atoms with Gasteiger partial charge in [0, 0.05) is 30.9 Å². The van der Waals surface area contributed by atoms with Gasteiger partial charge >= 0.3 is 0 Å². The number of aldehydes is 1. The molecule has 1 aromatic heterocycles. The lowest BCUT2D eigenvalue weighted by Crippen LogP contribution is -2.35. The minimum atomic E-state index is 0.228. The number of aromatic nitrogens is 2. The molecule has 1 saturated heterocycles. The van der Waals surface area contributed by atoms with E-state index in [2.05, 4.69) is 14.9 Å². The van der Waals surface area contributed by atoms with Crippen LogP contribution in [-0.4, -0.2) is 29.3 Å². The van der Waals surface area contributed by atoms with Crippen molar-refractivity contribution in [3.63, 3.8) is 0 Å². The monoisotopic (exact) mass is 205 g/mol. The first-order chi connectivity index (χ1) is 7.29. The van der Waals surface area contributed by atoms with Gasteiger partial charge in [-0.25, -0.2) is 9.97 Å². The molecule has 1 aromatic rings. The lowest BCUT2D eigenvalue weighted by Gasteiger charge is -2.29. The van der Waals surface area contributed by atoms with Crippen LogP contribution in [0.4, 0.5) is 5.95 Å². The Morgan fingerprint density at radius 1 is 1.47 bits per heavy atom. The number of aryl methyl sites for hydroxylation is 1. The van der Waals surface area contributed by atoms with Gasteiger partial charge in [-0.1, -0.05) is 0 Å². The third-order valence-electron chi connectivity index (χ3n) is 2.80. The van der Waals surface area contributed by atoms with Crippen LogP contribution in [-0.2, 0) is 4.79 Å². The maximum Gasteiger partial charge on any atom is 0.225 e. The highest BCUT2D eigenvalue weighted by Gasteiger charge is 2.20. The Hall–Kier alpha value is -1.45. The summed E-state index contributed by atoms with van der Waals surface area (Å²) in [5.74, 6) is 1.02. The molecule has 0 aliphatic carbocycles. The Morgan fingerprint density at radius 2 is 2.20 bits per heavy atom. The number of carbonyl (C=O) groups is 1. The summed E-state index contributed by atoms with van der Waals surface area (Å²) in [6.07, 6.45) is 4.68. The molecule has 2 heterocycles. The molecule has 0 amide bonds. The molecule has 1 fully saturated rings. The van der Waals surface area contributed by atoms with Crippen LogP contribution in [0.1, 0.15) is 18.5 Å². The van der Waals surface area contributed by atoms with Crippen molar-refractivity contribution in [2.24, 2.45) is 5.92 Å². The fourth-order valence-corrected chi connectivity index (χ4v) is 1.82. The quantitative estimate of drug-likeness (QED) is 0.681. The third-order valence-corrected chi connectivity index (χ3v) is 2.80. The molecule has 4 heteroatoms. The summed E-state index contributed by atoms with van der Waals surface area (Å²) < 4.78 is 0. The van der Waals surface area contributed by atoms with Crippen LogP contribution in [0, 0.1) is 12.8 Å². The molecule has 0 bridgehead atoms. The fraction of sp³-hybridized carbons (Fsp3) is 0.545. The molecule has 0 unspecified atom stereocenters. The Morgan fingerprint density at radius 3 is 2.80 bits per heavy atom. The van der Waals surface area contributed by atoms with Crippen molar-refractivity contribution in [2.75, 3.05) is 18.0 Å². The van der Waals surface area contributed by atoms with E-state index in [1.165, 1.54) is 0 Å². The average molecular weight is 205 g/mol. The maximum atomic E-state index is 10.6. The molecule has 15 heavy (non-hydrogen) atoms. The number of hydrogen-bond donors (Lipinski definition) is 0. The van der Waals surface area contributed by atoms with Crippen molar-refractivity contribution < 1.29 is 4.79 Å². The van der Waals surface area contributed by atoms with Gasteiger partial charge in [0.15, 0.2) is 0 Å². The van der Waals surface area contributed by atoms with Crippen molar-refractivity contribution >= 4 is 12.2 Å². The molecule has 1 aliphatic rings. The topological polar surface area (TPSA) is 46.1 Å². The molecule has 4 nitrogen and oxygen atoms in total. The van der Waals surface area contributed by atoms with E-state index >= 15 is 0 Å². The van der Waals surface area contributed by atoms with Crippen molar-refractivity contribution in [1.82, 2.24) is 9.97 Å². The van der Waals surface area contributed by atoms with Crippen molar-refractivity contribution in [3.8, 4) is 0 Å². The zero-order valence-electron chi connectivity index (χ0n) is 8.89. The zero-order chi connectivity index (χ0) is 10.7. The molecule has 0 aromatic carbocycles. The van der Waals surface area contributed by atoms with Gasteiger partial charge in [0.25, 0.3) is 0 Å². The molecule has 0 atom stereocenters. The smallest absolute Gasteiger partial charge is 0.225 e. The van der Waals surface area contributed by atoms with Gasteiger partial charge in [0.05, 0.1) is 0 Å². The van der Waals surface area contributed by atoms with Gasteiger partial charge in [0.2, 0.25) is 5.95 Å². The molecular weight excluding hydrogens is 190 g/mol. The molecule has 0 N–H and O–H groups in total. The molecule has 2 rings (SSSR count). The molecule has 0 spiro atoms.